The van der Waals surface area contributed by atoms with E-state index in [1.807, 2.05) is 13.1 Å². The van der Waals surface area contributed by atoms with E-state index < -0.39 is 0 Å². The number of rotatable bonds is 7. The fourth-order valence-corrected chi connectivity index (χ4v) is 1.79. The topological polar surface area (TPSA) is 45.4 Å². The molecule has 0 aliphatic heterocycles. The molecule has 4 heteroatoms. The van der Waals surface area contributed by atoms with Gasteiger partial charge in [0.05, 0.1) is 0 Å². The number of pyridine rings is 1. The van der Waals surface area contributed by atoms with Gasteiger partial charge >= 0.3 is 0 Å². The fraction of sp³-hybridized carbons (Fsp3) is 0.643. The molecule has 1 rings (SSSR count). The van der Waals surface area contributed by atoms with Crippen LogP contribution in [0, 0.1) is 0 Å². The highest BCUT2D eigenvalue weighted by atomic mass is 15.2. The minimum Gasteiger partial charge on any atom is -0.355 e. The van der Waals surface area contributed by atoms with Gasteiger partial charge in [-0.2, -0.15) is 0 Å². The van der Waals surface area contributed by atoms with Crippen molar-refractivity contribution >= 4 is 5.82 Å². The van der Waals surface area contributed by atoms with Crippen molar-refractivity contribution < 1.29 is 0 Å². The molecule has 4 nitrogen and oxygen atoms in total. The lowest BCUT2D eigenvalue weighted by Gasteiger charge is -2.25. The summed E-state index contributed by atoms with van der Waals surface area (Å²) in [7, 11) is 4.19. The summed E-state index contributed by atoms with van der Waals surface area (Å²) in [5.74, 6) is 1.04. The standard InChI is InChI=1S/C14H26N4/c1-5-8-18(10-9-17(3)4)14-7-6-13(11-16-14)12(2)15/h6-7,11-12H,5,8-10,15H2,1-4H3. The van der Waals surface area contributed by atoms with E-state index in [1.165, 1.54) is 0 Å². The second-order valence-electron chi connectivity index (χ2n) is 5.03. The summed E-state index contributed by atoms with van der Waals surface area (Å²) in [6.07, 6.45) is 3.02. The number of hydrogen-bond acceptors (Lipinski definition) is 4. The molecule has 0 amide bonds. The molecule has 0 spiro atoms. The molecule has 1 atom stereocenters. The molecule has 18 heavy (non-hydrogen) atoms. The maximum Gasteiger partial charge on any atom is 0.128 e. The van der Waals surface area contributed by atoms with Crippen LogP contribution in [-0.2, 0) is 0 Å². The molecule has 0 saturated heterocycles. The smallest absolute Gasteiger partial charge is 0.128 e. The lowest BCUT2D eigenvalue weighted by Crippen LogP contribution is -2.32. The van der Waals surface area contributed by atoms with Gasteiger partial charge in [0.15, 0.2) is 0 Å². The lowest BCUT2D eigenvalue weighted by molar-refractivity contribution is 0.412. The second-order valence-corrected chi connectivity index (χ2v) is 5.03. The first kappa shape index (κ1) is 14.9. The molecule has 0 saturated carbocycles. The van der Waals surface area contributed by atoms with Crippen molar-refractivity contribution in [1.29, 1.82) is 0 Å². The lowest BCUT2D eigenvalue weighted by atomic mass is 10.1. The van der Waals surface area contributed by atoms with Gasteiger partial charge in [0.1, 0.15) is 5.82 Å². The van der Waals surface area contributed by atoms with Crippen molar-refractivity contribution in [2.75, 3.05) is 38.6 Å². The Morgan fingerprint density at radius 2 is 1.94 bits per heavy atom. The molecule has 1 heterocycles. The van der Waals surface area contributed by atoms with E-state index in [2.05, 4.69) is 47.9 Å². The Balaban J connectivity index is 2.72. The highest BCUT2D eigenvalue weighted by molar-refractivity contribution is 5.39. The SMILES string of the molecule is CCCN(CCN(C)C)c1ccc(C(C)N)cn1. The van der Waals surface area contributed by atoms with Crippen LogP contribution in [0.4, 0.5) is 5.82 Å². The van der Waals surface area contributed by atoms with E-state index in [0.717, 1.165) is 37.4 Å². The molecule has 0 bridgehead atoms. The quantitative estimate of drug-likeness (QED) is 0.802. The first-order valence-corrected chi connectivity index (χ1v) is 6.65. The van der Waals surface area contributed by atoms with Crippen molar-refractivity contribution in [2.45, 2.75) is 26.3 Å². The van der Waals surface area contributed by atoms with E-state index in [0.29, 0.717) is 0 Å². The summed E-state index contributed by atoms with van der Waals surface area (Å²) in [6, 6.07) is 4.20. The number of likely N-dealkylation sites (N-methyl/N-ethyl adjacent to an activating group) is 1. The first-order valence-electron chi connectivity index (χ1n) is 6.65. The van der Waals surface area contributed by atoms with Crippen LogP contribution in [0.1, 0.15) is 31.9 Å². The maximum atomic E-state index is 5.84. The normalized spacial score (nSPS) is 12.8. The summed E-state index contributed by atoms with van der Waals surface area (Å²) < 4.78 is 0. The van der Waals surface area contributed by atoms with Crippen LogP contribution in [0.3, 0.4) is 0 Å². The summed E-state index contributed by atoms with van der Waals surface area (Å²) in [4.78, 5) is 9.04. The minimum atomic E-state index is 0.0490. The third kappa shape index (κ3) is 4.63. The molecule has 102 valence electrons. The van der Waals surface area contributed by atoms with E-state index in [1.54, 1.807) is 0 Å². The van der Waals surface area contributed by atoms with Crippen LogP contribution >= 0.6 is 0 Å². The van der Waals surface area contributed by atoms with Gasteiger partial charge < -0.3 is 15.5 Å². The van der Waals surface area contributed by atoms with Gasteiger partial charge in [-0.25, -0.2) is 4.98 Å². The Kier molecular flexibility index (Phi) is 6.09. The monoisotopic (exact) mass is 250 g/mol. The zero-order valence-corrected chi connectivity index (χ0v) is 12.1. The van der Waals surface area contributed by atoms with E-state index in [-0.39, 0.29) is 6.04 Å². The van der Waals surface area contributed by atoms with Crippen molar-refractivity contribution in [3.05, 3.63) is 23.9 Å². The molecule has 0 aliphatic carbocycles. The summed E-state index contributed by atoms with van der Waals surface area (Å²) in [6.45, 7) is 7.26. The maximum absolute atomic E-state index is 5.84. The Bertz CT molecular complexity index is 332. The summed E-state index contributed by atoms with van der Waals surface area (Å²) in [5, 5.41) is 0. The van der Waals surface area contributed by atoms with Crippen LogP contribution in [0.2, 0.25) is 0 Å². The van der Waals surface area contributed by atoms with Gasteiger partial charge in [0.2, 0.25) is 0 Å². The van der Waals surface area contributed by atoms with Gasteiger partial charge in [-0.15, -0.1) is 0 Å². The highest BCUT2D eigenvalue weighted by Crippen LogP contribution is 2.14. The van der Waals surface area contributed by atoms with Gasteiger partial charge in [-0.3, -0.25) is 0 Å². The van der Waals surface area contributed by atoms with Crippen molar-refractivity contribution in [2.24, 2.45) is 5.73 Å². The molecule has 0 fully saturated rings. The molecule has 0 radical (unpaired) electrons. The average molecular weight is 250 g/mol. The number of nitrogens with two attached hydrogens (primary N) is 1. The molecular weight excluding hydrogens is 224 g/mol. The van der Waals surface area contributed by atoms with Gasteiger partial charge in [0, 0.05) is 31.9 Å². The zero-order chi connectivity index (χ0) is 13.5. The van der Waals surface area contributed by atoms with Crippen LogP contribution in [0.25, 0.3) is 0 Å². The molecule has 1 aromatic rings. The molecule has 1 aromatic heterocycles. The van der Waals surface area contributed by atoms with Crippen LogP contribution in [0.15, 0.2) is 18.3 Å². The Labute approximate surface area is 111 Å². The van der Waals surface area contributed by atoms with Crippen molar-refractivity contribution in [3.63, 3.8) is 0 Å². The van der Waals surface area contributed by atoms with E-state index in [4.69, 9.17) is 5.73 Å². The first-order chi connectivity index (χ1) is 8.54. The number of anilines is 1. The third-order valence-electron chi connectivity index (χ3n) is 2.93. The number of hydrogen-bond donors (Lipinski definition) is 1. The predicted molar refractivity (Wildman–Crippen MR) is 77.9 cm³/mol. The summed E-state index contributed by atoms with van der Waals surface area (Å²) in [5.41, 5.74) is 6.92. The third-order valence-corrected chi connectivity index (χ3v) is 2.93. The average Bonchev–Trinajstić information content (AvgIpc) is 2.34. The number of nitrogens with zero attached hydrogens (tertiary/aromatic N) is 3. The largest absolute Gasteiger partial charge is 0.355 e. The molecular formula is C14H26N4. The van der Waals surface area contributed by atoms with Crippen molar-refractivity contribution in [3.8, 4) is 0 Å². The number of aromatic nitrogens is 1. The van der Waals surface area contributed by atoms with Gasteiger partial charge in [-0.1, -0.05) is 13.0 Å². The summed E-state index contributed by atoms with van der Waals surface area (Å²) >= 11 is 0. The van der Waals surface area contributed by atoms with E-state index >= 15 is 0 Å². The second kappa shape index (κ2) is 7.34. The molecule has 0 aromatic carbocycles. The Morgan fingerprint density at radius 1 is 1.22 bits per heavy atom. The highest BCUT2D eigenvalue weighted by Gasteiger charge is 2.08. The van der Waals surface area contributed by atoms with Gasteiger partial charge in [0.25, 0.3) is 0 Å². The minimum absolute atomic E-state index is 0.0490. The van der Waals surface area contributed by atoms with Crippen LogP contribution in [-0.4, -0.2) is 43.6 Å². The van der Waals surface area contributed by atoms with E-state index in [9.17, 15) is 0 Å². The van der Waals surface area contributed by atoms with Crippen molar-refractivity contribution in [1.82, 2.24) is 9.88 Å². The Morgan fingerprint density at radius 3 is 2.39 bits per heavy atom. The van der Waals surface area contributed by atoms with Crippen LogP contribution in [0.5, 0.6) is 0 Å². The fourth-order valence-electron chi connectivity index (χ4n) is 1.79. The Hall–Kier alpha value is -1.13. The predicted octanol–water partition coefficient (Wildman–Crippen LogP) is 1.88. The molecule has 0 aliphatic rings. The molecule has 2 N–H and O–H groups in total. The van der Waals surface area contributed by atoms with Crippen LogP contribution < -0.4 is 10.6 Å². The van der Waals surface area contributed by atoms with Gasteiger partial charge in [-0.05, 0) is 39.1 Å². The zero-order valence-electron chi connectivity index (χ0n) is 12.1. The molecule has 1 unspecified atom stereocenters.